The summed E-state index contributed by atoms with van der Waals surface area (Å²) < 4.78 is 23.8. The summed E-state index contributed by atoms with van der Waals surface area (Å²) >= 11 is 3.26. The summed E-state index contributed by atoms with van der Waals surface area (Å²) in [7, 11) is 0. The van der Waals surface area contributed by atoms with Crippen LogP contribution in [0.5, 0.6) is 5.75 Å². The lowest BCUT2D eigenvalue weighted by atomic mass is 10.2. The van der Waals surface area contributed by atoms with Crippen LogP contribution in [0.4, 0.5) is 4.39 Å². The highest BCUT2D eigenvalue weighted by molar-refractivity contribution is 9.10. The van der Waals surface area contributed by atoms with Crippen molar-refractivity contribution in [3.63, 3.8) is 0 Å². The van der Waals surface area contributed by atoms with Gasteiger partial charge < -0.3 is 9.47 Å². The molecule has 0 aliphatic rings. The largest absolute Gasteiger partial charge is 0.480 e. The van der Waals surface area contributed by atoms with E-state index in [1.165, 1.54) is 0 Å². The maximum atomic E-state index is 12.7. The number of halogens is 2. The van der Waals surface area contributed by atoms with Crippen LogP contribution in [-0.2, 0) is 16.2 Å². The molecule has 0 heterocycles. The van der Waals surface area contributed by atoms with E-state index in [0.717, 1.165) is 0 Å². The third-order valence-corrected chi connectivity index (χ3v) is 2.57. The van der Waals surface area contributed by atoms with E-state index in [4.69, 9.17) is 9.47 Å². The van der Waals surface area contributed by atoms with Crippen LogP contribution < -0.4 is 4.74 Å². The highest BCUT2D eigenvalue weighted by atomic mass is 79.9. The molecule has 0 aromatic heterocycles. The van der Waals surface area contributed by atoms with Gasteiger partial charge in [0.25, 0.3) is 0 Å². The van der Waals surface area contributed by atoms with Crippen LogP contribution >= 0.6 is 15.9 Å². The molecule has 1 aromatic rings. The van der Waals surface area contributed by atoms with Gasteiger partial charge in [-0.1, -0.05) is 12.1 Å². The summed E-state index contributed by atoms with van der Waals surface area (Å²) in [6.07, 6.45) is 0. The maximum Gasteiger partial charge on any atom is 0.344 e. The topological polar surface area (TPSA) is 35.5 Å². The number of hydrogen-bond donors (Lipinski definition) is 0. The second kappa shape index (κ2) is 6.18. The fourth-order valence-electron chi connectivity index (χ4n) is 1.32. The van der Waals surface area contributed by atoms with Gasteiger partial charge in [0.05, 0.1) is 4.47 Å². The Hall–Kier alpha value is -1.10. The van der Waals surface area contributed by atoms with Crippen molar-refractivity contribution in [2.24, 2.45) is 0 Å². The lowest BCUT2D eigenvalue weighted by molar-refractivity contribution is -0.157. The van der Waals surface area contributed by atoms with Gasteiger partial charge in [-0.05, 0) is 42.8 Å². The number of carbonyl (C=O) groups excluding carboxylic acids is 1. The average molecular weight is 319 g/mol. The minimum absolute atomic E-state index is 0.243. The number of benzene rings is 1. The molecule has 0 fully saturated rings. The Kier molecular flexibility index (Phi) is 5.14. The number of rotatable bonds is 4. The number of carbonyl (C=O) groups is 1. The first kappa shape index (κ1) is 15.0. The highest BCUT2D eigenvalue weighted by Crippen LogP contribution is 2.29. The van der Waals surface area contributed by atoms with Gasteiger partial charge in [-0.2, -0.15) is 0 Å². The zero-order valence-corrected chi connectivity index (χ0v) is 12.2. The van der Waals surface area contributed by atoms with Crippen LogP contribution in [0.3, 0.4) is 0 Å². The standard InChI is InChI=1S/C13H16BrFO3/c1-13(2,3)18-11(16)8-17-12-9(7-15)5-4-6-10(12)14/h4-6H,7-8H2,1-3H3. The fourth-order valence-corrected chi connectivity index (χ4v) is 1.84. The molecular weight excluding hydrogens is 303 g/mol. The minimum atomic E-state index is -0.650. The van der Waals surface area contributed by atoms with Crippen molar-refractivity contribution in [3.05, 3.63) is 28.2 Å². The first-order chi connectivity index (χ1) is 8.33. The Labute approximate surface area is 114 Å². The molecule has 0 saturated heterocycles. The van der Waals surface area contributed by atoms with Gasteiger partial charge in [0, 0.05) is 5.56 Å². The molecular formula is C13H16BrFO3. The lowest BCUT2D eigenvalue weighted by Crippen LogP contribution is -2.27. The van der Waals surface area contributed by atoms with Crippen molar-refractivity contribution in [3.8, 4) is 5.75 Å². The normalized spacial score (nSPS) is 11.2. The molecule has 0 N–H and O–H groups in total. The molecule has 3 nitrogen and oxygen atoms in total. The maximum absolute atomic E-state index is 12.7. The van der Waals surface area contributed by atoms with Crippen LogP contribution in [-0.4, -0.2) is 18.2 Å². The Morgan fingerprint density at radius 1 is 1.39 bits per heavy atom. The third-order valence-electron chi connectivity index (χ3n) is 1.95. The summed E-state index contributed by atoms with van der Waals surface area (Å²) in [6.45, 7) is 4.43. The molecule has 0 radical (unpaired) electrons. The molecule has 0 aliphatic heterocycles. The number of ether oxygens (including phenoxy) is 2. The van der Waals surface area contributed by atoms with E-state index in [9.17, 15) is 9.18 Å². The van der Waals surface area contributed by atoms with Crippen LogP contribution in [0, 0.1) is 0 Å². The van der Waals surface area contributed by atoms with E-state index in [-0.39, 0.29) is 6.61 Å². The van der Waals surface area contributed by atoms with Crippen molar-refractivity contribution in [1.82, 2.24) is 0 Å². The first-order valence-corrected chi connectivity index (χ1v) is 6.31. The predicted octanol–water partition coefficient (Wildman–Crippen LogP) is 3.64. The van der Waals surface area contributed by atoms with Gasteiger partial charge in [0.1, 0.15) is 18.0 Å². The Morgan fingerprint density at radius 3 is 2.61 bits per heavy atom. The number of esters is 1. The molecule has 5 heteroatoms. The molecule has 1 aromatic carbocycles. The van der Waals surface area contributed by atoms with Crippen LogP contribution in [0.25, 0.3) is 0 Å². The Bertz CT molecular complexity index is 427. The van der Waals surface area contributed by atoms with E-state index in [1.807, 2.05) is 0 Å². The quantitative estimate of drug-likeness (QED) is 0.795. The van der Waals surface area contributed by atoms with E-state index < -0.39 is 18.2 Å². The molecule has 0 unspecified atom stereocenters. The van der Waals surface area contributed by atoms with E-state index in [1.54, 1.807) is 39.0 Å². The summed E-state index contributed by atoms with van der Waals surface area (Å²) in [5.41, 5.74) is -0.162. The zero-order chi connectivity index (χ0) is 13.8. The minimum Gasteiger partial charge on any atom is -0.480 e. The SMILES string of the molecule is CC(C)(C)OC(=O)COc1c(Br)cccc1CF. The van der Waals surface area contributed by atoms with E-state index in [2.05, 4.69) is 15.9 Å². The second-order valence-electron chi connectivity index (χ2n) is 4.74. The summed E-state index contributed by atoms with van der Waals surface area (Å²) in [6, 6.07) is 5.04. The first-order valence-electron chi connectivity index (χ1n) is 5.51. The smallest absolute Gasteiger partial charge is 0.344 e. The van der Waals surface area contributed by atoms with Crippen molar-refractivity contribution in [1.29, 1.82) is 0 Å². The van der Waals surface area contributed by atoms with Gasteiger partial charge in [0.2, 0.25) is 0 Å². The molecule has 100 valence electrons. The summed E-state index contributed by atoms with van der Waals surface area (Å²) in [5.74, 6) is -0.145. The lowest BCUT2D eigenvalue weighted by Gasteiger charge is -2.20. The van der Waals surface area contributed by atoms with Crippen molar-refractivity contribution < 1.29 is 18.7 Å². The molecule has 0 aliphatic carbocycles. The van der Waals surface area contributed by atoms with Gasteiger partial charge >= 0.3 is 5.97 Å². The third kappa shape index (κ3) is 4.64. The van der Waals surface area contributed by atoms with Crippen molar-refractivity contribution in [2.75, 3.05) is 6.61 Å². The van der Waals surface area contributed by atoms with Gasteiger partial charge in [-0.15, -0.1) is 0 Å². The monoisotopic (exact) mass is 318 g/mol. The number of alkyl halides is 1. The molecule has 0 saturated carbocycles. The molecule has 0 atom stereocenters. The predicted molar refractivity (Wildman–Crippen MR) is 70.3 cm³/mol. The molecule has 18 heavy (non-hydrogen) atoms. The van der Waals surface area contributed by atoms with Gasteiger partial charge in [-0.25, -0.2) is 9.18 Å². The molecule has 0 spiro atoms. The molecule has 0 bridgehead atoms. The highest BCUT2D eigenvalue weighted by Gasteiger charge is 2.17. The number of hydrogen-bond acceptors (Lipinski definition) is 3. The van der Waals surface area contributed by atoms with Crippen molar-refractivity contribution >= 4 is 21.9 Å². The van der Waals surface area contributed by atoms with Gasteiger partial charge in [0.15, 0.2) is 6.61 Å². The zero-order valence-electron chi connectivity index (χ0n) is 10.6. The van der Waals surface area contributed by atoms with Crippen LogP contribution in [0.2, 0.25) is 0 Å². The summed E-state index contributed by atoms with van der Waals surface area (Å²) in [4.78, 5) is 11.5. The molecule has 0 amide bonds. The Balaban J connectivity index is 2.66. The number of para-hydroxylation sites is 1. The van der Waals surface area contributed by atoms with Crippen LogP contribution in [0.15, 0.2) is 22.7 Å². The van der Waals surface area contributed by atoms with Crippen molar-refractivity contribution in [2.45, 2.75) is 33.0 Å². The van der Waals surface area contributed by atoms with E-state index in [0.29, 0.717) is 15.8 Å². The van der Waals surface area contributed by atoms with Gasteiger partial charge in [-0.3, -0.25) is 0 Å². The van der Waals surface area contributed by atoms with E-state index >= 15 is 0 Å². The average Bonchev–Trinajstić information content (AvgIpc) is 2.24. The van der Waals surface area contributed by atoms with Crippen LogP contribution in [0.1, 0.15) is 26.3 Å². The fraction of sp³-hybridized carbons (Fsp3) is 0.462. The molecule has 1 rings (SSSR count). The summed E-state index contributed by atoms with van der Waals surface area (Å²) in [5, 5.41) is 0. The Morgan fingerprint density at radius 2 is 2.06 bits per heavy atom. The second-order valence-corrected chi connectivity index (χ2v) is 5.59.